The summed E-state index contributed by atoms with van der Waals surface area (Å²) in [4.78, 5) is 14.4. The molecule has 0 aliphatic heterocycles. The Labute approximate surface area is 156 Å². The Morgan fingerprint density at radius 2 is 1.52 bits per heavy atom. The van der Waals surface area contributed by atoms with E-state index < -0.39 is 0 Å². The highest BCUT2D eigenvalue weighted by atomic mass is 19.1. The molecule has 0 heterocycles. The van der Waals surface area contributed by atoms with E-state index in [1.54, 1.807) is 41.3 Å². The molecule has 3 rings (SSSR count). The number of ether oxygens (including phenoxy) is 1. The van der Waals surface area contributed by atoms with Gasteiger partial charge in [0.25, 0.3) is 5.91 Å². The van der Waals surface area contributed by atoms with Crippen molar-refractivity contribution in [1.29, 1.82) is 0 Å². The summed E-state index contributed by atoms with van der Waals surface area (Å²) in [6.07, 6.45) is 0. The minimum atomic E-state index is -0.332. The van der Waals surface area contributed by atoms with Crippen LogP contribution in [0.25, 0.3) is 0 Å². The van der Waals surface area contributed by atoms with Crippen LogP contribution in [-0.4, -0.2) is 17.4 Å². The van der Waals surface area contributed by atoms with E-state index in [1.807, 2.05) is 6.92 Å². The third-order valence-corrected chi connectivity index (χ3v) is 4.08. The Balaban J connectivity index is 1.69. The summed E-state index contributed by atoms with van der Waals surface area (Å²) in [5.41, 5.74) is 1.25. The van der Waals surface area contributed by atoms with Gasteiger partial charge in [0, 0.05) is 18.7 Å². The highest BCUT2D eigenvalue weighted by molar-refractivity contribution is 5.94. The fraction of sp³-hybridized carbons (Fsp3) is 0.136. The first-order valence-electron chi connectivity index (χ1n) is 8.62. The van der Waals surface area contributed by atoms with Crippen LogP contribution in [0.1, 0.15) is 22.8 Å². The van der Waals surface area contributed by atoms with Crippen molar-refractivity contribution in [2.24, 2.45) is 0 Å². The largest absolute Gasteiger partial charge is 0.457 e. The third kappa shape index (κ3) is 4.91. The Morgan fingerprint density at radius 3 is 2.11 bits per heavy atom. The maximum Gasteiger partial charge on any atom is 0.254 e. The number of hydrogen-bond acceptors (Lipinski definition) is 2. The number of halogens is 2. The molecular weight excluding hydrogens is 348 g/mol. The van der Waals surface area contributed by atoms with E-state index in [9.17, 15) is 13.6 Å². The van der Waals surface area contributed by atoms with Crippen LogP contribution in [-0.2, 0) is 6.54 Å². The number of amides is 1. The summed E-state index contributed by atoms with van der Waals surface area (Å²) >= 11 is 0. The molecule has 0 unspecified atom stereocenters. The lowest BCUT2D eigenvalue weighted by molar-refractivity contribution is 0.0752. The Bertz CT molecular complexity index is 908. The molecule has 138 valence electrons. The zero-order valence-corrected chi connectivity index (χ0v) is 14.9. The van der Waals surface area contributed by atoms with Gasteiger partial charge in [0.2, 0.25) is 0 Å². The summed E-state index contributed by atoms with van der Waals surface area (Å²) in [6, 6.07) is 18.7. The second kappa shape index (κ2) is 8.45. The molecule has 0 fully saturated rings. The molecule has 0 aromatic heterocycles. The molecule has 0 aliphatic rings. The molecule has 1 amide bonds. The van der Waals surface area contributed by atoms with E-state index in [4.69, 9.17) is 4.74 Å². The fourth-order valence-corrected chi connectivity index (χ4v) is 2.67. The molecule has 0 spiro atoms. The smallest absolute Gasteiger partial charge is 0.254 e. The minimum Gasteiger partial charge on any atom is -0.457 e. The van der Waals surface area contributed by atoms with Crippen molar-refractivity contribution in [2.45, 2.75) is 13.5 Å². The molecule has 27 heavy (non-hydrogen) atoms. The number of rotatable bonds is 6. The lowest BCUT2D eigenvalue weighted by atomic mass is 10.1. The van der Waals surface area contributed by atoms with E-state index in [1.165, 1.54) is 36.4 Å². The van der Waals surface area contributed by atoms with E-state index in [2.05, 4.69) is 0 Å². The number of carbonyl (C=O) groups excluding carboxylic acids is 1. The third-order valence-electron chi connectivity index (χ3n) is 4.08. The van der Waals surface area contributed by atoms with Gasteiger partial charge in [-0.2, -0.15) is 0 Å². The van der Waals surface area contributed by atoms with Crippen molar-refractivity contribution in [3.05, 3.63) is 95.6 Å². The van der Waals surface area contributed by atoms with Crippen LogP contribution < -0.4 is 4.74 Å². The van der Waals surface area contributed by atoms with Crippen molar-refractivity contribution in [1.82, 2.24) is 4.90 Å². The van der Waals surface area contributed by atoms with Gasteiger partial charge in [-0.25, -0.2) is 8.78 Å². The summed E-state index contributed by atoms with van der Waals surface area (Å²) < 4.78 is 31.9. The Kier molecular flexibility index (Phi) is 5.81. The van der Waals surface area contributed by atoms with Gasteiger partial charge in [0.1, 0.15) is 23.1 Å². The summed E-state index contributed by atoms with van der Waals surface area (Å²) in [5.74, 6) is 0.262. The molecule has 0 N–H and O–H groups in total. The number of hydrogen-bond donors (Lipinski definition) is 0. The van der Waals surface area contributed by atoms with Gasteiger partial charge in [0.15, 0.2) is 0 Å². The normalized spacial score (nSPS) is 10.5. The van der Waals surface area contributed by atoms with Crippen molar-refractivity contribution < 1.29 is 18.3 Å². The second-order valence-corrected chi connectivity index (χ2v) is 6.03. The predicted molar refractivity (Wildman–Crippen MR) is 99.7 cm³/mol. The van der Waals surface area contributed by atoms with Crippen LogP contribution in [0.15, 0.2) is 72.8 Å². The number of benzene rings is 3. The average Bonchev–Trinajstić information content (AvgIpc) is 2.68. The molecule has 5 heteroatoms. The molecule has 0 aliphatic carbocycles. The van der Waals surface area contributed by atoms with Gasteiger partial charge in [0.05, 0.1) is 0 Å². The highest BCUT2D eigenvalue weighted by Gasteiger charge is 2.15. The van der Waals surface area contributed by atoms with Crippen LogP contribution in [0.4, 0.5) is 8.78 Å². The molecule has 3 aromatic carbocycles. The monoisotopic (exact) mass is 367 g/mol. The first kappa shape index (κ1) is 18.6. The Morgan fingerprint density at radius 1 is 0.889 bits per heavy atom. The first-order valence-corrected chi connectivity index (χ1v) is 8.62. The number of nitrogens with zero attached hydrogens (tertiary/aromatic N) is 1. The van der Waals surface area contributed by atoms with Gasteiger partial charge >= 0.3 is 0 Å². The van der Waals surface area contributed by atoms with Crippen molar-refractivity contribution in [3.63, 3.8) is 0 Å². The van der Waals surface area contributed by atoms with Crippen LogP contribution >= 0.6 is 0 Å². The van der Waals surface area contributed by atoms with Crippen molar-refractivity contribution >= 4 is 5.91 Å². The number of carbonyl (C=O) groups is 1. The Hall–Kier alpha value is -3.21. The zero-order valence-electron chi connectivity index (χ0n) is 14.9. The quantitative estimate of drug-likeness (QED) is 0.582. The van der Waals surface area contributed by atoms with Gasteiger partial charge in [-0.15, -0.1) is 0 Å². The fourth-order valence-electron chi connectivity index (χ4n) is 2.67. The molecule has 0 bridgehead atoms. The minimum absolute atomic E-state index is 0.143. The van der Waals surface area contributed by atoms with Gasteiger partial charge in [-0.3, -0.25) is 4.79 Å². The average molecular weight is 367 g/mol. The maximum absolute atomic E-state index is 13.4. The lowest BCUT2D eigenvalue weighted by Crippen LogP contribution is -2.30. The molecule has 0 radical (unpaired) electrons. The SMILES string of the molecule is CCN(Cc1cccc(F)c1)C(=O)c1ccc(Oc2ccc(F)cc2)cc1. The molecule has 0 atom stereocenters. The van der Waals surface area contributed by atoms with E-state index in [-0.39, 0.29) is 17.5 Å². The maximum atomic E-state index is 13.4. The molecular formula is C22H19F2NO2. The van der Waals surface area contributed by atoms with Crippen molar-refractivity contribution in [3.8, 4) is 11.5 Å². The van der Waals surface area contributed by atoms with Crippen LogP contribution in [0.5, 0.6) is 11.5 Å². The van der Waals surface area contributed by atoms with Gasteiger partial charge in [-0.1, -0.05) is 12.1 Å². The predicted octanol–water partition coefficient (Wildman–Crippen LogP) is 5.42. The standard InChI is InChI=1S/C22H19F2NO2/c1-2-25(15-16-4-3-5-19(24)14-16)22(26)17-6-10-20(11-7-17)27-21-12-8-18(23)9-13-21/h3-14H,2,15H2,1H3. The zero-order chi connectivity index (χ0) is 19.2. The molecule has 3 nitrogen and oxygen atoms in total. The molecule has 0 saturated carbocycles. The molecule has 3 aromatic rings. The topological polar surface area (TPSA) is 29.5 Å². The van der Waals surface area contributed by atoms with Gasteiger partial charge < -0.3 is 9.64 Å². The van der Waals surface area contributed by atoms with Crippen molar-refractivity contribution in [2.75, 3.05) is 6.54 Å². The summed E-state index contributed by atoms with van der Waals surface area (Å²) in [6.45, 7) is 2.72. The van der Waals surface area contributed by atoms with E-state index in [0.717, 1.165) is 5.56 Å². The first-order chi connectivity index (χ1) is 13.0. The highest BCUT2D eigenvalue weighted by Crippen LogP contribution is 2.22. The van der Waals surface area contributed by atoms with Gasteiger partial charge in [-0.05, 0) is 73.2 Å². The second-order valence-electron chi connectivity index (χ2n) is 6.03. The summed E-state index contributed by atoms with van der Waals surface area (Å²) in [5, 5.41) is 0. The lowest BCUT2D eigenvalue weighted by Gasteiger charge is -2.21. The van der Waals surface area contributed by atoms with E-state index >= 15 is 0 Å². The molecule has 0 saturated heterocycles. The van der Waals surface area contributed by atoms with Crippen LogP contribution in [0, 0.1) is 11.6 Å². The summed E-state index contributed by atoms with van der Waals surface area (Å²) in [7, 11) is 0. The van der Waals surface area contributed by atoms with Crippen LogP contribution in [0.3, 0.4) is 0 Å². The van der Waals surface area contributed by atoms with Crippen LogP contribution in [0.2, 0.25) is 0 Å². The van der Waals surface area contributed by atoms with E-state index in [0.29, 0.717) is 30.2 Å².